The van der Waals surface area contributed by atoms with Crippen molar-refractivity contribution in [2.45, 2.75) is 31.5 Å². The van der Waals surface area contributed by atoms with Gasteiger partial charge in [0, 0.05) is 12.8 Å². The fourth-order valence-electron chi connectivity index (χ4n) is 1.91. The van der Waals surface area contributed by atoms with Crippen LogP contribution in [0.25, 0.3) is 0 Å². The second-order valence-corrected chi connectivity index (χ2v) is 3.47. The lowest BCUT2D eigenvalue weighted by Gasteiger charge is -2.31. The molecule has 1 heterocycles. The Morgan fingerprint density at radius 1 is 1.08 bits per heavy atom. The van der Waals surface area contributed by atoms with Crippen LogP contribution in [0.2, 0.25) is 0 Å². The molecule has 0 N–H and O–H groups in total. The van der Waals surface area contributed by atoms with Gasteiger partial charge in [0.1, 0.15) is 0 Å². The summed E-state index contributed by atoms with van der Waals surface area (Å²) in [5.74, 6) is -0.529. The van der Waals surface area contributed by atoms with Crippen LogP contribution in [0.5, 0.6) is 0 Å². The highest BCUT2D eigenvalue weighted by atomic mass is 19.3. The molecule has 1 aliphatic heterocycles. The van der Waals surface area contributed by atoms with E-state index in [4.69, 9.17) is 9.47 Å². The Bertz CT molecular complexity index is 216. The van der Waals surface area contributed by atoms with Crippen molar-refractivity contribution in [3.8, 4) is 0 Å². The van der Waals surface area contributed by atoms with Crippen LogP contribution in [0.3, 0.4) is 0 Å². The summed E-state index contributed by atoms with van der Waals surface area (Å²) in [4.78, 5) is 0. The van der Waals surface area contributed by atoms with E-state index in [0.29, 0.717) is 38.9 Å². The van der Waals surface area contributed by atoms with Crippen molar-refractivity contribution in [1.82, 2.24) is 0 Å². The molecule has 0 unspecified atom stereocenters. The van der Waals surface area contributed by atoms with Gasteiger partial charge in [0.05, 0.1) is 13.2 Å². The maximum absolute atomic E-state index is 12.2. The lowest BCUT2D eigenvalue weighted by atomic mass is 9.90. The highest BCUT2D eigenvalue weighted by molar-refractivity contribution is 5.07. The standard InChI is InChI=1S/C9H12F2O2/c10-8(11)7-1-3-9(4-2-7)12-5-6-13-9/h1-6H2. The van der Waals surface area contributed by atoms with Gasteiger partial charge in [0.15, 0.2) is 5.79 Å². The molecule has 0 aromatic rings. The first-order chi connectivity index (χ1) is 6.22. The van der Waals surface area contributed by atoms with Gasteiger partial charge in [-0.1, -0.05) is 0 Å². The fourth-order valence-corrected chi connectivity index (χ4v) is 1.91. The Balaban J connectivity index is 1.99. The zero-order valence-electron chi connectivity index (χ0n) is 7.32. The van der Waals surface area contributed by atoms with Crippen molar-refractivity contribution < 1.29 is 18.3 Å². The van der Waals surface area contributed by atoms with E-state index >= 15 is 0 Å². The van der Waals surface area contributed by atoms with E-state index < -0.39 is 11.9 Å². The Hall–Kier alpha value is -0.480. The summed E-state index contributed by atoms with van der Waals surface area (Å²) < 4.78 is 35.2. The molecule has 1 spiro atoms. The molecule has 1 aliphatic carbocycles. The molecule has 2 rings (SSSR count). The molecule has 2 fully saturated rings. The van der Waals surface area contributed by atoms with Gasteiger partial charge < -0.3 is 9.47 Å². The number of hydrogen-bond donors (Lipinski definition) is 0. The summed E-state index contributed by atoms with van der Waals surface area (Å²) in [5, 5.41) is 0. The molecule has 0 aromatic carbocycles. The molecule has 0 aromatic heterocycles. The molecule has 74 valence electrons. The number of allylic oxidation sites excluding steroid dienone is 1. The summed E-state index contributed by atoms with van der Waals surface area (Å²) in [6.45, 7) is 1.19. The summed E-state index contributed by atoms with van der Waals surface area (Å²) in [5.41, 5.74) is 0.268. The van der Waals surface area contributed by atoms with Crippen LogP contribution in [0.15, 0.2) is 11.7 Å². The van der Waals surface area contributed by atoms with Gasteiger partial charge in [-0.05, 0) is 18.4 Å². The molecule has 2 aliphatic rings. The van der Waals surface area contributed by atoms with Crippen LogP contribution in [0.4, 0.5) is 8.78 Å². The van der Waals surface area contributed by atoms with Crippen LogP contribution in [-0.2, 0) is 9.47 Å². The lowest BCUT2D eigenvalue weighted by molar-refractivity contribution is -0.171. The summed E-state index contributed by atoms with van der Waals surface area (Å²) >= 11 is 0. The van der Waals surface area contributed by atoms with Crippen LogP contribution >= 0.6 is 0 Å². The predicted molar refractivity (Wildman–Crippen MR) is 42.3 cm³/mol. The van der Waals surface area contributed by atoms with Gasteiger partial charge in [-0.25, -0.2) is 0 Å². The highest BCUT2D eigenvalue weighted by Gasteiger charge is 2.39. The van der Waals surface area contributed by atoms with E-state index in [2.05, 4.69) is 0 Å². The highest BCUT2D eigenvalue weighted by Crippen LogP contribution is 2.39. The van der Waals surface area contributed by atoms with Crippen molar-refractivity contribution in [1.29, 1.82) is 0 Å². The zero-order chi connectivity index (χ0) is 9.31. The van der Waals surface area contributed by atoms with Crippen molar-refractivity contribution >= 4 is 0 Å². The van der Waals surface area contributed by atoms with Gasteiger partial charge in [-0.15, -0.1) is 0 Å². The average Bonchev–Trinajstić information content (AvgIpc) is 2.54. The van der Waals surface area contributed by atoms with Gasteiger partial charge >= 0.3 is 0 Å². The van der Waals surface area contributed by atoms with E-state index in [0.717, 1.165) is 0 Å². The number of rotatable bonds is 0. The van der Waals surface area contributed by atoms with Crippen molar-refractivity contribution in [3.63, 3.8) is 0 Å². The average molecular weight is 190 g/mol. The monoisotopic (exact) mass is 190 g/mol. The first kappa shape index (κ1) is 9.09. The Morgan fingerprint density at radius 2 is 1.62 bits per heavy atom. The van der Waals surface area contributed by atoms with E-state index in [1.807, 2.05) is 0 Å². The predicted octanol–water partition coefficient (Wildman–Crippen LogP) is 2.45. The molecule has 4 heteroatoms. The van der Waals surface area contributed by atoms with Crippen LogP contribution < -0.4 is 0 Å². The van der Waals surface area contributed by atoms with Gasteiger partial charge in [0.25, 0.3) is 6.08 Å². The summed E-state index contributed by atoms with van der Waals surface area (Å²) in [6, 6.07) is 0. The minimum atomic E-state index is -1.52. The van der Waals surface area contributed by atoms with Crippen LogP contribution in [-0.4, -0.2) is 19.0 Å². The molecule has 1 saturated heterocycles. The third kappa shape index (κ3) is 1.74. The number of halogens is 2. The largest absolute Gasteiger partial charge is 0.348 e. The molecule has 0 bridgehead atoms. The van der Waals surface area contributed by atoms with Crippen LogP contribution in [0, 0.1) is 0 Å². The Morgan fingerprint density at radius 3 is 2.08 bits per heavy atom. The van der Waals surface area contributed by atoms with Gasteiger partial charge in [-0.3, -0.25) is 0 Å². The van der Waals surface area contributed by atoms with Crippen molar-refractivity contribution in [2.75, 3.05) is 13.2 Å². The Kier molecular flexibility index (Phi) is 2.34. The maximum Gasteiger partial charge on any atom is 0.269 e. The molecular formula is C9H12F2O2. The normalized spacial score (nSPS) is 26.8. The second kappa shape index (κ2) is 3.35. The molecule has 1 saturated carbocycles. The topological polar surface area (TPSA) is 18.5 Å². The molecule has 13 heavy (non-hydrogen) atoms. The van der Waals surface area contributed by atoms with Gasteiger partial charge in [-0.2, -0.15) is 8.78 Å². The van der Waals surface area contributed by atoms with Gasteiger partial charge in [0.2, 0.25) is 0 Å². The molecular weight excluding hydrogens is 178 g/mol. The summed E-state index contributed by atoms with van der Waals surface area (Å²) in [6.07, 6.45) is 0.428. The SMILES string of the molecule is FC(F)=C1CCC2(CC1)OCCO2. The second-order valence-electron chi connectivity index (χ2n) is 3.47. The smallest absolute Gasteiger partial charge is 0.269 e. The number of hydrogen-bond acceptors (Lipinski definition) is 2. The van der Waals surface area contributed by atoms with E-state index in [1.54, 1.807) is 0 Å². The van der Waals surface area contributed by atoms with E-state index in [9.17, 15) is 8.78 Å². The van der Waals surface area contributed by atoms with E-state index in [1.165, 1.54) is 0 Å². The van der Waals surface area contributed by atoms with Crippen molar-refractivity contribution in [2.24, 2.45) is 0 Å². The Labute approximate surface area is 75.5 Å². The fraction of sp³-hybridized carbons (Fsp3) is 0.778. The lowest BCUT2D eigenvalue weighted by Crippen LogP contribution is -2.33. The molecule has 0 radical (unpaired) electrons. The van der Waals surface area contributed by atoms with Crippen molar-refractivity contribution in [3.05, 3.63) is 11.7 Å². The molecule has 2 nitrogen and oxygen atoms in total. The third-order valence-electron chi connectivity index (χ3n) is 2.70. The first-order valence-corrected chi connectivity index (χ1v) is 4.53. The maximum atomic E-state index is 12.2. The first-order valence-electron chi connectivity index (χ1n) is 4.53. The third-order valence-corrected chi connectivity index (χ3v) is 2.70. The quantitative estimate of drug-likeness (QED) is 0.584. The minimum absolute atomic E-state index is 0.268. The summed E-state index contributed by atoms with van der Waals surface area (Å²) in [7, 11) is 0. The van der Waals surface area contributed by atoms with E-state index in [-0.39, 0.29) is 5.57 Å². The number of ether oxygens (including phenoxy) is 2. The van der Waals surface area contributed by atoms with Crippen LogP contribution in [0.1, 0.15) is 25.7 Å². The zero-order valence-corrected chi connectivity index (χ0v) is 7.32. The molecule has 0 atom stereocenters. The molecule has 0 amide bonds. The minimum Gasteiger partial charge on any atom is -0.348 e.